The lowest BCUT2D eigenvalue weighted by Crippen LogP contribution is -2.36. The molecule has 0 aliphatic heterocycles. The van der Waals surface area contributed by atoms with Gasteiger partial charge in [0.05, 0.1) is 0 Å². The fourth-order valence-corrected chi connectivity index (χ4v) is 1.88. The summed E-state index contributed by atoms with van der Waals surface area (Å²) in [5.41, 5.74) is 1.32. The van der Waals surface area contributed by atoms with Crippen molar-refractivity contribution in [1.29, 1.82) is 0 Å². The Balaban J connectivity index is 2.14. The number of rotatable bonds is 5. The first-order valence-electron chi connectivity index (χ1n) is 5.64. The van der Waals surface area contributed by atoms with Crippen LogP contribution in [-0.2, 0) is 0 Å². The quantitative estimate of drug-likeness (QED) is 0.487. The second kappa shape index (κ2) is 6.21. The van der Waals surface area contributed by atoms with Crippen molar-refractivity contribution in [3.8, 4) is 0 Å². The van der Waals surface area contributed by atoms with Crippen LogP contribution < -0.4 is 5.32 Å². The van der Waals surface area contributed by atoms with E-state index >= 15 is 0 Å². The molecule has 0 radical (unpaired) electrons. The molecule has 1 aromatic heterocycles. The number of aromatic nitrogens is 2. The number of hydrogen-bond donors (Lipinski definition) is 1. The Kier molecular flexibility index (Phi) is 5.22. The highest BCUT2D eigenvalue weighted by Crippen LogP contribution is 2.12. The first-order chi connectivity index (χ1) is 7.47. The number of thioether (sulfide) groups is 1. The van der Waals surface area contributed by atoms with Crippen molar-refractivity contribution in [2.75, 3.05) is 12.3 Å². The minimum atomic E-state index is 0.213. The zero-order valence-corrected chi connectivity index (χ0v) is 11.4. The zero-order chi connectivity index (χ0) is 12.0. The first-order valence-corrected chi connectivity index (χ1v) is 6.62. The van der Waals surface area contributed by atoms with Crippen LogP contribution in [0.15, 0.2) is 17.6 Å². The van der Waals surface area contributed by atoms with Gasteiger partial charge in [0.1, 0.15) is 0 Å². The monoisotopic (exact) mass is 239 g/mol. The molecular weight excluding hydrogens is 218 g/mol. The lowest BCUT2D eigenvalue weighted by Gasteiger charge is -2.20. The summed E-state index contributed by atoms with van der Waals surface area (Å²) in [4.78, 5) is 8.51. The highest BCUT2D eigenvalue weighted by atomic mass is 32.2. The second-order valence-electron chi connectivity index (χ2n) is 4.92. The SMILES string of the molecule is Cc1cnc(SCCCNC(C)(C)C)nc1. The Morgan fingerprint density at radius 1 is 1.25 bits per heavy atom. The van der Waals surface area contributed by atoms with Crippen LogP contribution in [0.25, 0.3) is 0 Å². The minimum Gasteiger partial charge on any atom is -0.312 e. The topological polar surface area (TPSA) is 37.8 Å². The third kappa shape index (κ3) is 6.08. The molecule has 0 amide bonds. The molecule has 0 atom stereocenters. The summed E-state index contributed by atoms with van der Waals surface area (Å²) in [5, 5.41) is 4.34. The van der Waals surface area contributed by atoms with E-state index < -0.39 is 0 Å². The molecule has 16 heavy (non-hydrogen) atoms. The molecule has 0 unspecified atom stereocenters. The van der Waals surface area contributed by atoms with Crippen LogP contribution in [0.2, 0.25) is 0 Å². The maximum absolute atomic E-state index is 4.26. The van der Waals surface area contributed by atoms with E-state index in [-0.39, 0.29) is 5.54 Å². The van der Waals surface area contributed by atoms with Gasteiger partial charge >= 0.3 is 0 Å². The Labute approximate surface area is 102 Å². The van der Waals surface area contributed by atoms with E-state index in [1.807, 2.05) is 19.3 Å². The molecule has 0 spiro atoms. The molecule has 0 aliphatic rings. The molecular formula is C12H21N3S. The van der Waals surface area contributed by atoms with Gasteiger partial charge in [-0.25, -0.2) is 9.97 Å². The van der Waals surface area contributed by atoms with E-state index in [2.05, 4.69) is 36.1 Å². The van der Waals surface area contributed by atoms with Gasteiger partial charge in [0.2, 0.25) is 0 Å². The largest absolute Gasteiger partial charge is 0.312 e. The average Bonchev–Trinajstić information content (AvgIpc) is 2.19. The lowest BCUT2D eigenvalue weighted by molar-refractivity contribution is 0.427. The smallest absolute Gasteiger partial charge is 0.187 e. The number of nitrogens with one attached hydrogen (secondary N) is 1. The molecule has 1 heterocycles. The standard InChI is InChI=1S/C12H21N3S/c1-10-8-13-11(14-9-10)16-7-5-6-15-12(2,3)4/h8-9,15H,5-7H2,1-4H3. The van der Waals surface area contributed by atoms with Crippen LogP contribution in [-0.4, -0.2) is 27.8 Å². The van der Waals surface area contributed by atoms with Crippen LogP contribution >= 0.6 is 11.8 Å². The maximum atomic E-state index is 4.26. The first kappa shape index (κ1) is 13.5. The van der Waals surface area contributed by atoms with Crippen molar-refractivity contribution >= 4 is 11.8 Å². The number of nitrogens with zero attached hydrogens (tertiary/aromatic N) is 2. The van der Waals surface area contributed by atoms with E-state index in [9.17, 15) is 0 Å². The van der Waals surface area contributed by atoms with E-state index in [0.29, 0.717) is 0 Å². The molecule has 0 aliphatic carbocycles. The van der Waals surface area contributed by atoms with Crippen molar-refractivity contribution in [2.24, 2.45) is 0 Å². The lowest BCUT2D eigenvalue weighted by atomic mass is 10.1. The highest BCUT2D eigenvalue weighted by molar-refractivity contribution is 7.99. The van der Waals surface area contributed by atoms with E-state index in [4.69, 9.17) is 0 Å². The Hall–Kier alpha value is -0.610. The summed E-state index contributed by atoms with van der Waals surface area (Å²) in [6.45, 7) is 9.60. The summed E-state index contributed by atoms with van der Waals surface area (Å²) in [6, 6.07) is 0. The van der Waals surface area contributed by atoms with Gasteiger partial charge in [0, 0.05) is 23.7 Å². The van der Waals surface area contributed by atoms with Crippen molar-refractivity contribution in [3.63, 3.8) is 0 Å². The van der Waals surface area contributed by atoms with Gasteiger partial charge in [-0.3, -0.25) is 0 Å². The van der Waals surface area contributed by atoms with Crippen molar-refractivity contribution in [3.05, 3.63) is 18.0 Å². The van der Waals surface area contributed by atoms with E-state index in [0.717, 1.165) is 29.4 Å². The molecule has 0 fully saturated rings. The van der Waals surface area contributed by atoms with Gasteiger partial charge in [-0.05, 0) is 46.2 Å². The van der Waals surface area contributed by atoms with Crippen LogP contribution in [0.3, 0.4) is 0 Å². The van der Waals surface area contributed by atoms with Gasteiger partial charge in [0.25, 0.3) is 0 Å². The van der Waals surface area contributed by atoms with Crippen molar-refractivity contribution in [1.82, 2.24) is 15.3 Å². The summed E-state index contributed by atoms with van der Waals surface area (Å²) in [6.07, 6.45) is 4.87. The Morgan fingerprint density at radius 3 is 2.44 bits per heavy atom. The van der Waals surface area contributed by atoms with Crippen LogP contribution in [0.5, 0.6) is 0 Å². The molecule has 0 aromatic carbocycles. The van der Waals surface area contributed by atoms with Gasteiger partial charge in [-0.2, -0.15) is 0 Å². The normalized spacial score (nSPS) is 11.8. The van der Waals surface area contributed by atoms with Crippen LogP contribution in [0, 0.1) is 6.92 Å². The fraction of sp³-hybridized carbons (Fsp3) is 0.667. The molecule has 0 bridgehead atoms. The van der Waals surface area contributed by atoms with Crippen LogP contribution in [0.4, 0.5) is 0 Å². The van der Waals surface area contributed by atoms with Gasteiger partial charge in [-0.1, -0.05) is 11.8 Å². The maximum Gasteiger partial charge on any atom is 0.187 e. The molecule has 3 nitrogen and oxygen atoms in total. The molecule has 1 aromatic rings. The Bertz CT molecular complexity index is 303. The van der Waals surface area contributed by atoms with E-state index in [1.165, 1.54) is 0 Å². The van der Waals surface area contributed by atoms with Crippen molar-refractivity contribution < 1.29 is 0 Å². The minimum absolute atomic E-state index is 0.213. The van der Waals surface area contributed by atoms with Gasteiger partial charge in [0.15, 0.2) is 5.16 Å². The van der Waals surface area contributed by atoms with Crippen molar-refractivity contribution in [2.45, 2.75) is 44.8 Å². The summed E-state index contributed by atoms with van der Waals surface area (Å²) in [5.74, 6) is 1.06. The number of hydrogen-bond acceptors (Lipinski definition) is 4. The summed E-state index contributed by atoms with van der Waals surface area (Å²) < 4.78 is 0. The third-order valence-corrected chi connectivity index (χ3v) is 2.93. The molecule has 4 heteroatoms. The molecule has 1 N–H and O–H groups in total. The average molecular weight is 239 g/mol. The predicted molar refractivity (Wildman–Crippen MR) is 69.9 cm³/mol. The third-order valence-electron chi connectivity index (χ3n) is 1.96. The predicted octanol–water partition coefficient (Wildman–Crippen LogP) is 2.66. The van der Waals surface area contributed by atoms with Crippen LogP contribution in [0.1, 0.15) is 32.8 Å². The molecule has 0 saturated carbocycles. The number of aryl methyl sites for hydroxylation is 1. The fourth-order valence-electron chi connectivity index (χ4n) is 1.15. The van der Waals surface area contributed by atoms with Gasteiger partial charge in [-0.15, -0.1) is 0 Å². The summed E-state index contributed by atoms with van der Waals surface area (Å²) >= 11 is 1.72. The second-order valence-corrected chi connectivity index (χ2v) is 5.98. The molecule has 0 saturated heterocycles. The molecule has 90 valence electrons. The Morgan fingerprint density at radius 2 is 1.88 bits per heavy atom. The summed E-state index contributed by atoms with van der Waals surface area (Å²) in [7, 11) is 0. The van der Waals surface area contributed by atoms with Gasteiger partial charge < -0.3 is 5.32 Å². The highest BCUT2D eigenvalue weighted by Gasteiger charge is 2.07. The van der Waals surface area contributed by atoms with E-state index in [1.54, 1.807) is 11.8 Å². The molecule has 1 rings (SSSR count). The zero-order valence-electron chi connectivity index (χ0n) is 10.6.